The first-order valence-electron chi connectivity index (χ1n) is 6.46. The van der Waals surface area contributed by atoms with Crippen molar-refractivity contribution in [1.29, 1.82) is 0 Å². The maximum Gasteiger partial charge on any atom is 0.209 e. The van der Waals surface area contributed by atoms with E-state index in [2.05, 4.69) is 35.4 Å². The van der Waals surface area contributed by atoms with Crippen molar-refractivity contribution in [3.63, 3.8) is 0 Å². The first kappa shape index (κ1) is 15.7. The van der Waals surface area contributed by atoms with E-state index in [9.17, 15) is 0 Å². The lowest BCUT2D eigenvalue weighted by Gasteiger charge is -2.07. The van der Waals surface area contributed by atoms with Gasteiger partial charge >= 0.3 is 0 Å². The minimum Gasteiger partial charge on any atom is -0.218 e. The third kappa shape index (κ3) is 4.40. The van der Waals surface area contributed by atoms with Crippen LogP contribution < -0.4 is 0 Å². The molecule has 0 atom stereocenters. The Morgan fingerprint density at radius 3 is 2.70 bits per heavy atom. The van der Waals surface area contributed by atoms with Crippen LogP contribution in [0.5, 0.6) is 0 Å². The molecule has 2 rings (SSSR count). The monoisotopic (exact) mass is 328 g/mol. The number of halogens is 1. The molecule has 0 saturated heterocycles. The summed E-state index contributed by atoms with van der Waals surface area (Å²) < 4.78 is 1.85. The van der Waals surface area contributed by atoms with Gasteiger partial charge in [0.25, 0.3) is 0 Å². The van der Waals surface area contributed by atoms with Crippen LogP contribution in [0.2, 0.25) is 5.02 Å². The molecular formula is C13H17ClN4S2. The van der Waals surface area contributed by atoms with Crippen LogP contribution in [0.3, 0.4) is 0 Å². The standard InChI is InChI=1S/C13H17ClN4S2/c1-10(2)18-13(15-16-17-18)20-9-5-8-19-12-7-4-3-6-11(12)14/h3-4,6-7,10H,5,8-9H2,1-2H3. The Hall–Kier alpha value is -0.720. The predicted octanol–water partition coefficient (Wildman–Crippen LogP) is 4.18. The average Bonchev–Trinajstić information content (AvgIpc) is 2.89. The van der Waals surface area contributed by atoms with Crippen LogP contribution in [-0.4, -0.2) is 31.7 Å². The Labute approximate surface area is 132 Å². The van der Waals surface area contributed by atoms with E-state index in [4.69, 9.17) is 11.6 Å². The Morgan fingerprint density at radius 2 is 1.95 bits per heavy atom. The van der Waals surface area contributed by atoms with E-state index in [1.54, 1.807) is 23.5 Å². The van der Waals surface area contributed by atoms with Crippen LogP contribution in [0.25, 0.3) is 0 Å². The summed E-state index contributed by atoms with van der Waals surface area (Å²) in [7, 11) is 0. The largest absolute Gasteiger partial charge is 0.218 e. The van der Waals surface area contributed by atoms with Crippen molar-refractivity contribution in [2.45, 2.75) is 36.4 Å². The van der Waals surface area contributed by atoms with Crippen molar-refractivity contribution in [2.75, 3.05) is 11.5 Å². The summed E-state index contributed by atoms with van der Waals surface area (Å²) in [5.41, 5.74) is 0. The number of hydrogen-bond donors (Lipinski definition) is 0. The summed E-state index contributed by atoms with van der Waals surface area (Å²) in [6.07, 6.45) is 1.09. The number of benzene rings is 1. The molecule has 1 heterocycles. The molecule has 108 valence electrons. The minimum atomic E-state index is 0.296. The van der Waals surface area contributed by atoms with Crippen LogP contribution in [0.4, 0.5) is 0 Å². The summed E-state index contributed by atoms with van der Waals surface area (Å²) in [5.74, 6) is 2.05. The van der Waals surface area contributed by atoms with Gasteiger partial charge in [0.05, 0.1) is 11.1 Å². The number of hydrogen-bond acceptors (Lipinski definition) is 5. The second-order valence-electron chi connectivity index (χ2n) is 4.48. The van der Waals surface area contributed by atoms with E-state index < -0.39 is 0 Å². The molecule has 20 heavy (non-hydrogen) atoms. The molecule has 0 spiro atoms. The zero-order chi connectivity index (χ0) is 14.4. The van der Waals surface area contributed by atoms with E-state index in [1.165, 1.54) is 0 Å². The van der Waals surface area contributed by atoms with Crippen molar-refractivity contribution >= 4 is 35.1 Å². The van der Waals surface area contributed by atoms with Crippen molar-refractivity contribution < 1.29 is 0 Å². The lowest BCUT2D eigenvalue weighted by Crippen LogP contribution is -2.05. The predicted molar refractivity (Wildman–Crippen MR) is 85.7 cm³/mol. The van der Waals surface area contributed by atoms with Crippen LogP contribution in [-0.2, 0) is 0 Å². The molecule has 0 bridgehead atoms. The molecule has 0 N–H and O–H groups in total. The Bertz CT molecular complexity index is 545. The Balaban J connectivity index is 1.72. The van der Waals surface area contributed by atoms with Crippen molar-refractivity contribution in [3.8, 4) is 0 Å². The molecule has 4 nitrogen and oxygen atoms in total. The topological polar surface area (TPSA) is 43.6 Å². The van der Waals surface area contributed by atoms with Crippen LogP contribution in [0.1, 0.15) is 26.3 Å². The molecule has 0 saturated carbocycles. The van der Waals surface area contributed by atoms with Crippen molar-refractivity contribution in [3.05, 3.63) is 29.3 Å². The van der Waals surface area contributed by atoms with Crippen LogP contribution in [0, 0.1) is 0 Å². The summed E-state index contributed by atoms with van der Waals surface area (Å²) in [5, 5.41) is 13.5. The molecule has 2 aromatic rings. The summed E-state index contributed by atoms with van der Waals surface area (Å²) in [4.78, 5) is 1.14. The highest BCUT2D eigenvalue weighted by molar-refractivity contribution is 8.00. The third-order valence-electron chi connectivity index (χ3n) is 2.57. The lowest BCUT2D eigenvalue weighted by atomic mass is 10.4. The number of nitrogens with zero attached hydrogens (tertiary/aromatic N) is 4. The van der Waals surface area contributed by atoms with Gasteiger partial charge < -0.3 is 0 Å². The third-order valence-corrected chi connectivity index (χ3v) is 5.19. The van der Waals surface area contributed by atoms with E-state index in [0.29, 0.717) is 6.04 Å². The van der Waals surface area contributed by atoms with Crippen LogP contribution >= 0.6 is 35.1 Å². The second kappa shape index (κ2) is 7.90. The molecule has 0 unspecified atom stereocenters. The van der Waals surface area contributed by atoms with Crippen molar-refractivity contribution in [2.24, 2.45) is 0 Å². The maximum absolute atomic E-state index is 6.12. The first-order valence-corrected chi connectivity index (χ1v) is 8.81. The van der Waals surface area contributed by atoms with Gasteiger partial charge in [-0.05, 0) is 48.6 Å². The normalized spacial score (nSPS) is 11.2. The van der Waals surface area contributed by atoms with Crippen molar-refractivity contribution in [1.82, 2.24) is 20.2 Å². The lowest BCUT2D eigenvalue weighted by molar-refractivity contribution is 0.477. The fourth-order valence-electron chi connectivity index (χ4n) is 1.57. The summed E-state index contributed by atoms with van der Waals surface area (Å²) in [6, 6.07) is 8.24. The molecule has 0 radical (unpaired) electrons. The number of tetrazole rings is 1. The molecule has 0 fully saturated rings. The van der Waals surface area contributed by atoms with Gasteiger partial charge in [-0.1, -0.05) is 35.5 Å². The minimum absolute atomic E-state index is 0.296. The number of thioether (sulfide) groups is 2. The van der Waals surface area contributed by atoms with Gasteiger partial charge in [0.2, 0.25) is 5.16 Å². The second-order valence-corrected chi connectivity index (χ2v) is 7.09. The Morgan fingerprint density at radius 1 is 1.20 bits per heavy atom. The fourth-order valence-corrected chi connectivity index (χ4v) is 3.89. The number of rotatable bonds is 7. The average molecular weight is 329 g/mol. The Kier molecular flexibility index (Phi) is 6.19. The quantitative estimate of drug-likeness (QED) is 0.563. The van der Waals surface area contributed by atoms with Gasteiger partial charge in [-0.2, -0.15) is 0 Å². The molecule has 1 aromatic carbocycles. The fraction of sp³-hybridized carbons (Fsp3) is 0.462. The SMILES string of the molecule is CC(C)n1nnnc1SCCCSc1ccccc1Cl. The summed E-state index contributed by atoms with van der Waals surface area (Å²) in [6.45, 7) is 4.15. The molecule has 0 amide bonds. The number of aromatic nitrogens is 4. The van der Waals surface area contributed by atoms with Gasteiger partial charge in [-0.3, -0.25) is 0 Å². The van der Waals surface area contributed by atoms with E-state index >= 15 is 0 Å². The van der Waals surface area contributed by atoms with Gasteiger partial charge in [-0.25, -0.2) is 4.68 Å². The molecule has 1 aromatic heterocycles. The maximum atomic E-state index is 6.12. The zero-order valence-corrected chi connectivity index (χ0v) is 13.9. The molecular weight excluding hydrogens is 312 g/mol. The van der Waals surface area contributed by atoms with Crippen LogP contribution in [0.15, 0.2) is 34.3 Å². The smallest absolute Gasteiger partial charge is 0.209 e. The molecule has 0 aliphatic carbocycles. The molecule has 0 aliphatic rings. The van der Waals surface area contributed by atoms with E-state index in [1.807, 2.05) is 22.9 Å². The van der Waals surface area contributed by atoms with Gasteiger partial charge in [0.1, 0.15) is 0 Å². The van der Waals surface area contributed by atoms with E-state index in [-0.39, 0.29) is 0 Å². The van der Waals surface area contributed by atoms with Gasteiger partial charge in [0.15, 0.2) is 0 Å². The highest BCUT2D eigenvalue weighted by Gasteiger charge is 2.09. The summed E-state index contributed by atoms with van der Waals surface area (Å²) >= 11 is 9.61. The highest BCUT2D eigenvalue weighted by Crippen LogP contribution is 2.27. The van der Waals surface area contributed by atoms with E-state index in [0.717, 1.165) is 33.0 Å². The van der Waals surface area contributed by atoms with Gasteiger partial charge in [0, 0.05) is 10.6 Å². The molecule has 0 aliphatic heterocycles. The van der Waals surface area contributed by atoms with Gasteiger partial charge in [-0.15, -0.1) is 16.9 Å². The highest BCUT2D eigenvalue weighted by atomic mass is 35.5. The first-order chi connectivity index (χ1) is 9.68. The molecule has 7 heteroatoms. The zero-order valence-electron chi connectivity index (χ0n) is 11.5.